The fourth-order valence-corrected chi connectivity index (χ4v) is 4.11. The van der Waals surface area contributed by atoms with Crippen LogP contribution in [0, 0.1) is 0 Å². The van der Waals surface area contributed by atoms with E-state index in [9.17, 15) is 4.79 Å². The number of amides is 1. The summed E-state index contributed by atoms with van der Waals surface area (Å²) >= 11 is 0. The van der Waals surface area contributed by atoms with E-state index >= 15 is 0 Å². The summed E-state index contributed by atoms with van der Waals surface area (Å²) in [4.78, 5) is 23.2. The lowest BCUT2D eigenvalue weighted by molar-refractivity contribution is 0.0827. The number of nitrogens with one attached hydrogen (secondary N) is 1. The van der Waals surface area contributed by atoms with Gasteiger partial charge in [-0.25, -0.2) is 0 Å². The first kappa shape index (κ1) is 19.7. The summed E-state index contributed by atoms with van der Waals surface area (Å²) in [5, 5.41) is 3.50. The standard InChI is InChI=1S/C21H33N5O/c1-22-21(26-14-10-19(16-26)25-12-4-5-13-25)23-11-9-17-7-6-8-18(15-17)20(27)24(2)3/h6-8,15,19H,4-5,9-14,16H2,1-3H3,(H,22,23). The first-order valence-electron chi connectivity index (χ1n) is 10.1. The maximum Gasteiger partial charge on any atom is 0.253 e. The number of aliphatic imine (C=N–C) groups is 1. The van der Waals surface area contributed by atoms with Crippen LogP contribution in [0.2, 0.25) is 0 Å². The largest absolute Gasteiger partial charge is 0.356 e. The van der Waals surface area contributed by atoms with Crippen molar-refractivity contribution in [3.8, 4) is 0 Å². The normalized spacial score (nSPS) is 20.9. The van der Waals surface area contributed by atoms with Gasteiger partial charge in [0.05, 0.1) is 0 Å². The monoisotopic (exact) mass is 371 g/mol. The van der Waals surface area contributed by atoms with Gasteiger partial charge in [-0.05, 0) is 56.5 Å². The van der Waals surface area contributed by atoms with E-state index in [2.05, 4.69) is 26.2 Å². The van der Waals surface area contributed by atoms with Crippen molar-refractivity contribution in [1.29, 1.82) is 0 Å². The molecule has 1 aromatic carbocycles. The fourth-order valence-electron chi connectivity index (χ4n) is 4.11. The van der Waals surface area contributed by atoms with E-state index < -0.39 is 0 Å². The van der Waals surface area contributed by atoms with E-state index in [1.807, 2.05) is 25.2 Å². The molecule has 1 aromatic rings. The average Bonchev–Trinajstić information content (AvgIpc) is 3.36. The molecule has 2 aliphatic heterocycles. The van der Waals surface area contributed by atoms with Gasteiger partial charge >= 0.3 is 0 Å². The lowest BCUT2D eigenvalue weighted by atomic mass is 10.1. The van der Waals surface area contributed by atoms with Gasteiger partial charge in [0, 0.05) is 52.4 Å². The number of hydrogen-bond acceptors (Lipinski definition) is 3. The Bertz CT molecular complexity index is 666. The number of nitrogens with zero attached hydrogens (tertiary/aromatic N) is 4. The van der Waals surface area contributed by atoms with Crippen LogP contribution < -0.4 is 5.32 Å². The highest BCUT2D eigenvalue weighted by Crippen LogP contribution is 2.20. The number of guanidine groups is 1. The summed E-state index contributed by atoms with van der Waals surface area (Å²) in [6.45, 7) is 5.48. The third kappa shape index (κ3) is 5.01. The second-order valence-electron chi connectivity index (χ2n) is 7.76. The lowest BCUT2D eigenvalue weighted by Crippen LogP contribution is -2.43. The zero-order valence-corrected chi connectivity index (χ0v) is 16.9. The number of benzene rings is 1. The van der Waals surface area contributed by atoms with Crippen LogP contribution in [0.1, 0.15) is 35.2 Å². The molecule has 1 N–H and O–H groups in total. The molecule has 2 heterocycles. The van der Waals surface area contributed by atoms with Crippen molar-refractivity contribution in [2.75, 3.05) is 53.9 Å². The van der Waals surface area contributed by atoms with Crippen LogP contribution in [0.25, 0.3) is 0 Å². The van der Waals surface area contributed by atoms with Gasteiger partial charge in [-0.3, -0.25) is 14.7 Å². The van der Waals surface area contributed by atoms with Gasteiger partial charge < -0.3 is 15.1 Å². The van der Waals surface area contributed by atoms with Crippen molar-refractivity contribution >= 4 is 11.9 Å². The topological polar surface area (TPSA) is 51.2 Å². The zero-order valence-electron chi connectivity index (χ0n) is 16.9. The van der Waals surface area contributed by atoms with Crippen LogP contribution in [-0.4, -0.2) is 86.5 Å². The van der Waals surface area contributed by atoms with E-state index in [1.54, 1.807) is 19.0 Å². The van der Waals surface area contributed by atoms with E-state index in [0.29, 0.717) is 6.04 Å². The molecule has 0 aliphatic carbocycles. The van der Waals surface area contributed by atoms with E-state index in [1.165, 1.54) is 37.9 Å². The summed E-state index contributed by atoms with van der Waals surface area (Å²) in [5.74, 6) is 1.04. The molecular weight excluding hydrogens is 338 g/mol. The van der Waals surface area contributed by atoms with Gasteiger partial charge in [0.1, 0.15) is 0 Å². The smallest absolute Gasteiger partial charge is 0.253 e. The van der Waals surface area contributed by atoms with E-state index in [0.717, 1.165) is 37.6 Å². The van der Waals surface area contributed by atoms with Gasteiger partial charge in [-0.2, -0.15) is 0 Å². The molecule has 2 saturated heterocycles. The predicted octanol–water partition coefficient (Wildman–Crippen LogP) is 1.68. The zero-order chi connectivity index (χ0) is 19.2. The maximum atomic E-state index is 12.1. The Balaban J connectivity index is 1.49. The average molecular weight is 372 g/mol. The Morgan fingerprint density at radius 1 is 1.26 bits per heavy atom. The molecular formula is C21H33N5O. The fraction of sp³-hybridized carbons (Fsp3) is 0.619. The summed E-state index contributed by atoms with van der Waals surface area (Å²) in [6.07, 6.45) is 4.80. The molecule has 1 amide bonds. The second kappa shape index (κ2) is 9.22. The van der Waals surface area contributed by atoms with Crippen LogP contribution in [-0.2, 0) is 6.42 Å². The van der Waals surface area contributed by atoms with E-state index in [-0.39, 0.29) is 5.91 Å². The first-order valence-corrected chi connectivity index (χ1v) is 10.1. The van der Waals surface area contributed by atoms with Crippen LogP contribution in [0.4, 0.5) is 0 Å². The van der Waals surface area contributed by atoms with Gasteiger partial charge in [-0.15, -0.1) is 0 Å². The third-order valence-electron chi connectivity index (χ3n) is 5.61. The second-order valence-corrected chi connectivity index (χ2v) is 7.76. The molecule has 0 saturated carbocycles. The minimum atomic E-state index is 0.0469. The number of carbonyl (C=O) groups is 1. The predicted molar refractivity (Wildman–Crippen MR) is 110 cm³/mol. The Morgan fingerprint density at radius 3 is 2.74 bits per heavy atom. The van der Waals surface area contributed by atoms with Crippen molar-refractivity contribution in [3.63, 3.8) is 0 Å². The Kier molecular flexibility index (Phi) is 6.72. The van der Waals surface area contributed by atoms with Crippen molar-refractivity contribution in [3.05, 3.63) is 35.4 Å². The number of rotatable bonds is 5. The molecule has 2 aliphatic rings. The molecule has 0 aromatic heterocycles. The summed E-state index contributed by atoms with van der Waals surface area (Å²) in [7, 11) is 5.43. The molecule has 0 bridgehead atoms. The van der Waals surface area contributed by atoms with Crippen molar-refractivity contribution in [2.45, 2.75) is 31.7 Å². The molecule has 3 rings (SSSR count). The highest BCUT2D eigenvalue weighted by molar-refractivity contribution is 5.94. The van der Waals surface area contributed by atoms with Crippen molar-refractivity contribution in [2.24, 2.45) is 4.99 Å². The summed E-state index contributed by atoms with van der Waals surface area (Å²) < 4.78 is 0. The quantitative estimate of drug-likeness (QED) is 0.632. The van der Waals surface area contributed by atoms with Gasteiger partial charge in [0.15, 0.2) is 5.96 Å². The minimum absolute atomic E-state index is 0.0469. The molecule has 0 spiro atoms. The van der Waals surface area contributed by atoms with Crippen LogP contribution in [0.15, 0.2) is 29.3 Å². The molecule has 1 unspecified atom stereocenters. The van der Waals surface area contributed by atoms with Crippen molar-refractivity contribution < 1.29 is 4.79 Å². The summed E-state index contributed by atoms with van der Waals surface area (Å²) in [5.41, 5.74) is 1.91. The van der Waals surface area contributed by atoms with Gasteiger partial charge in [0.2, 0.25) is 0 Å². The third-order valence-corrected chi connectivity index (χ3v) is 5.61. The highest BCUT2D eigenvalue weighted by Gasteiger charge is 2.30. The van der Waals surface area contributed by atoms with E-state index in [4.69, 9.17) is 0 Å². The Morgan fingerprint density at radius 2 is 2.04 bits per heavy atom. The van der Waals surface area contributed by atoms with Crippen LogP contribution in [0.3, 0.4) is 0 Å². The molecule has 2 fully saturated rings. The minimum Gasteiger partial charge on any atom is -0.356 e. The molecule has 27 heavy (non-hydrogen) atoms. The first-order chi connectivity index (χ1) is 13.1. The number of hydrogen-bond donors (Lipinski definition) is 1. The van der Waals surface area contributed by atoms with Gasteiger partial charge in [0.25, 0.3) is 5.91 Å². The molecule has 6 nitrogen and oxygen atoms in total. The Labute approximate surface area is 163 Å². The molecule has 148 valence electrons. The summed E-state index contributed by atoms with van der Waals surface area (Å²) in [6, 6.07) is 8.59. The lowest BCUT2D eigenvalue weighted by Gasteiger charge is -2.25. The molecule has 0 radical (unpaired) electrons. The van der Waals surface area contributed by atoms with Crippen LogP contribution >= 0.6 is 0 Å². The Hall–Kier alpha value is -2.08. The highest BCUT2D eigenvalue weighted by atomic mass is 16.2. The molecule has 1 atom stereocenters. The van der Waals surface area contributed by atoms with Crippen molar-refractivity contribution in [1.82, 2.24) is 20.0 Å². The van der Waals surface area contributed by atoms with Gasteiger partial charge in [-0.1, -0.05) is 12.1 Å². The maximum absolute atomic E-state index is 12.1. The molecule has 6 heteroatoms. The SMILES string of the molecule is CN=C(NCCc1cccc(C(=O)N(C)C)c1)N1CCC(N2CCCC2)C1. The van der Waals surface area contributed by atoms with Crippen LogP contribution in [0.5, 0.6) is 0 Å². The number of carbonyl (C=O) groups excluding carboxylic acids is 1. The number of likely N-dealkylation sites (tertiary alicyclic amines) is 2.